The van der Waals surface area contributed by atoms with Gasteiger partial charge in [-0.15, -0.1) is 0 Å². The van der Waals surface area contributed by atoms with Crippen molar-refractivity contribution in [3.8, 4) is 33.4 Å². The molecule has 2 aliphatic rings. The van der Waals surface area contributed by atoms with Gasteiger partial charge in [0.1, 0.15) is 0 Å². The van der Waals surface area contributed by atoms with Crippen LogP contribution in [0.2, 0.25) is 0 Å². The minimum absolute atomic E-state index is 0.0543. The van der Waals surface area contributed by atoms with E-state index in [4.69, 9.17) is 0 Å². The van der Waals surface area contributed by atoms with E-state index < -0.39 is 0 Å². The maximum atomic E-state index is 4.19. The van der Waals surface area contributed by atoms with Crippen LogP contribution in [0.15, 0.2) is 72.8 Å². The summed E-state index contributed by atoms with van der Waals surface area (Å²) < 4.78 is 0. The van der Waals surface area contributed by atoms with Crippen molar-refractivity contribution in [1.29, 1.82) is 0 Å². The Bertz CT molecular complexity index is 1520. The average molecular weight is 665 g/mol. The van der Waals surface area contributed by atoms with Crippen molar-refractivity contribution in [2.45, 2.75) is 167 Å². The van der Waals surface area contributed by atoms with Gasteiger partial charge in [-0.1, -0.05) is 203 Å². The molecule has 50 heavy (non-hydrogen) atoms. The molecule has 0 fully saturated rings. The minimum Gasteiger partial charge on any atom is -0.0654 e. The highest BCUT2D eigenvalue weighted by molar-refractivity contribution is 5.86. The van der Waals surface area contributed by atoms with Gasteiger partial charge in [0.15, 0.2) is 0 Å². The maximum Gasteiger partial charge on any atom is 0.0221 e. The summed E-state index contributed by atoms with van der Waals surface area (Å²) in [5.41, 5.74) is 14.3. The molecule has 0 amide bonds. The van der Waals surface area contributed by atoms with Gasteiger partial charge in [0.05, 0.1) is 0 Å². The first kappa shape index (κ1) is 36.7. The summed E-state index contributed by atoms with van der Waals surface area (Å²) in [6, 6.07) is 36.7. The van der Waals surface area contributed by atoms with Crippen molar-refractivity contribution in [3.05, 3.63) is 107 Å². The smallest absolute Gasteiger partial charge is 0.0221 e. The predicted molar refractivity (Wildman–Crippen MR) is 217 cm³/mol. The zero-order chi connectivity index (χ0) is 34.8. The number of unbranched alkanes of at least 4 members (excludes halogenated alkanes) is 12. The van der Waals surface area contributed by atoms with Crippen LogP contribution in [-0.2, 0) is 10.8 Å². The van der Waals surface area contributed by atoms with E-state index in [9.17, 15) is 0 Å². The fourth-order valence-electron chi connectivity index (χ4n) is 9.75. The zero-order valence-electron chi connectivity index (χ0n) is 32.1. The van der Waals surface area contributed by atoms with Crippen molar-refractivity contribution in [1.82, 2.24) is 0 Å². The monoisotopic (exact) mass is 665 g/mol. The first-order valence-corrected chi connectivity index (χ1v) is 21.0. The van der Waals surface area contributed by atoms with Crippen molar-refractivity contribution < 1.29 is 0 Å². The predicted octanol–water partition coefficient (Wildman–Crippen LogP) is 15.4. The molecule has 0 saturated heterocycles. The highest BCUT2D eigenvalue weighted by atomic mass is 14.5. The summed E-state index contributed by atoms with van der Waals surface area (Å²) in [6.07, 6.45) is 25.8. The largest absolute Gasteiger partial charge is 0.0654 e. The highest BCUT2D eigenvalue weighted by Gasteiger charge is 2.44. The Morgan fingerprint density at radius 1 is 0.360 bits per heavy atom. The molecule has 0 aliphatic heterocycles. The molecule has 0 bridgehead atoms. The first-order valence-electron chi connectivity index (χ1n) is 21.0. The Hall–Kier alpha value is -3.12. The Morgan fingerprint density at radius 3 is 1.04 bits per heavy atom. The number of hydrogen-bond donors (Lipinski definition) is 0. The topological polar surface area (TPSA) is 0 Å². The molecule has 0 heterocycles. The zero-order valence-corrected chi connectivity index (χ0v) is 32.1. The van der Waals surface area contributed by atoms with Crippen LogP contribution in [-0.4, -0.2) is 0 Å². The Balaban J connectivity index is 1.43. The molecule has 0 heteroatoms. The molecule has 4 aromatic rings. The Labute approximate surface area is 306 Å². The molecule has 264 valence electrons. The maximum absolute atomic E-state index is 4.19. The normalized spacial score (nSPS) is 14.7. The molecule has 0 nitrogen and oxygen atoms in total. The molecule has 0 N–H and O–H groups in total. The fraction of sp³-hybridized carbons (Fsp3) is 0.520. The van der Waals surface area contributed by atoms with E-state index in [0.29, 0.717) is 0 Å². The second-order valence-electron chi connectivity index (χ2n) is 15.8. The van der Waals surface area contributed by atoms with Crippen LogP contribution in [0.25, 0.3) is 33.4 Å². The molecular weight excluding hydrogens is 601 g/mol. The number of hydrogen-bond acceptors (Lipinski definition) is 0. The molecular formula is C50H64. The lowest BCUT2D eigenvalue weighted by molar-refractivity contribution is 0.400. The van der Waals surface area contributed by atoms with Gasteiger partial charge in [0.2, 0.25) is 0 Å². The van der Waals surface area contributed by atoms with Gasteiger partial charge >= 0.3 is 0 Å². The number of fused-ring (bicyclic) bond motifs is 6. The molecule has 2 aliphatic carbocycles. The van der Waals surface area contributed by atoms with Crippen molar-refractivity contribution in [2.24, 2.45) is 0 Å². The molecule has 0 aromatic heterocycles. The van der Waals surface area contributed by atoms with E-state index >= 15 is 0 Å². The minimum atomic E-state index is 0.0543. The van der Waals surface area contributed by atoms with Crippen LogP contribution in [0.5, 0.6) is 0 Å². The van der Waals surface area contributed by atoms with E-state index in [1.807, 2.05) is 0 Å². The van der Waals surface area contributed by atoms with Gasteiger partial charge in [-0.3, -0.25) is 0 Å². The van der Waals surface area contributed by atoms with Gasteiger partial charge in [-0.25, -0.2) is 0 Å². The average Bonchev–Trinajstić information content (AvgIpc) is 3.59. The third-order valence-corrected chi connectivity index (χ3v) is 12.4. The number of benzene rings is 4. The second kappa shape index (κ2) is 17.4. The fourth-order valence-corrected chi connectivity index (χ4v) is 9.75. The van der Waals surface area contributed by atoms with E-state index in [2.05, 4.69) is 113 Å². The van der Waals surface area contributed by atoms with Crippen LogP contribution in [0.4, 0.5) is 0 Å². The van der Waals surface area contributed by atoms with Crippen LogP contribution < -0.4 is 0 Å². The van der Waals surface area contributed by atoms with Crippen molar-refractivity contribution in [3.63, 3.8) is 0 Å². The lowest BCUT2D eigenvalue weighted by atomic mass is 9.69. The molecule has 4 aromatic carbocycles. The van der Waals surface area contributed by atoms with Crippen molar-refractivity contribution >= 4 is 0 Å². The van der Waals surface area contributed by atoms with E-state index in [-0.39, 0.29) is 10.8 Å². The Morgan fingerprint density at radius 2 is 0.700 bits per heavy atom. The summed E-state index contributed by atoms with van der Waals surface area (Å²) >= 11 is 0. The molecule has 0 saturated carbocycles. The highest BCUT2D eigenvalue weighted by Crippen LogP contribution is 2.57. The van der Waals surface area contributed by atoms with Crippen LogP contribution in [0.1, 0.15) is 178 Å². The molecule has 0 unspecified atom stereocenters. The van der Waals surface area contributed by atoms with E-state index in [0.717, 1.165) is 0 Å². The Kier molecular flexibility index (Phi) is 12.8. The quantitative estimate of drug-likeness (QED) is 0.0778. The summed E-state index contributed by atoms with van der Waals surface area (Å²) in [4.78, 5) is 0. The van der Waals surface area contributed by atoms with Gasteiger partial charge in [0.25, 0.3) is 0 Å². The van der Waals surface area contributed by atoms with E-state index in [1.54, 1.807) is 11.1 Å². The second-order valence-corrected chi connectivity index (χ2v) is 15.8. The van der Waals surface area contributed by atoms with Crippen LogP contribution in [0, 0.1) is 12.1 Å². The standard InChI is InChI=1S/C50H64/c1-5-9-13-21-33-49(34-22-14-10-6-2)45-27-19-17-25-41(45)43-31-29-39(37-47(43)49)40-30-32-44-42-26-18-20-28-46(42)50(48(44)38-40,35-23-15-11-7-3)36-24-16-12-8-4/h17-20,25-32H,5-16,21-24,33-36H2,1-4H3. The van der Waals surface area contributed by atoms with Crippen LogP contribution in [0.3, 0.4) is 0 Å². The van der Waals surface area contributed by atoms with Gasteiger partial charge in [-0.05, 0) is 93.5 Å². The lowest BCUT2D eigenvalue weighted by Crippen LogP contribution is -2.26. The lowest BCUT2D eigenvalue weighted by Gasteiger charge is -2.33. The van der Waals surface area contributed by atoms with Crippen molar-refractivity contribution in [2.75, 3.05) is 0 Å². The van der Waals surface area contributed by atoms with Crippen LogP contribution >= 0.6 is 0 Å². The molecule has 2 radical (unpaired) electrons. The number of rotatable bonds is 21. The third-order valence-electron chi connectivity index (χ3n) is 12.4. The van der Waals surface area contributed by atoms with Gasteiger partial charge in [-0.2, -0.15) is 0 Å². The third kappa shape index (κ3) is 7.29. The molecule has 0 spiro atoms. The summed E-state index contributed by atoms with van der Waals surface area (Å²) in [6.45, 7) is 9.32. The van der Waals surface area contributed by atoms with Gasteiger partial charge in [0, 0.05) is 10.8 Å². The summed E-state index contributed by atoms with van der Waals surface area (Å²) in [7, 11) is 0. The SMILES string of the molecule is CCCCCCC1(CCCCCC)c2[c]c(-c3[c]c4c(cc3)-c3ccccc3C4(CCCCCC)CCCCCC)ccc2-c2ccccc21. The van der Waals surface area contributed by atoms with Gasteiger partial charge < -0.3 is 0 Å². The molecule has 6 rings (SSSR count). The first-order chi connectivity index (χ1) is 24.6. The van der Waals surface area contributed by atoms with E-state index in [1.165, 1.54) is 173 Å². The molecule has 0 atom stereocenters. The summed E-state index contributed by atoms with van der Waals surface area (Å²) in [5, 5.41) is 0. The summed E-state index contributed by atoms with van der Waals surface area (Å²) in [5.74, 6) is 0.